The Bertz CT molecular complexity index is 499. The zero-order valence-corrected chi connectivity index (χ0v) is 10.4. The molecule has 2 heterocycles. The van der Waals surface area contributed by atoms with Gasteiger partial charge in [0.05, 0.1) is 10.7 Å². The Morgan fingerprint density at radius 3 is 2.35 bits per heavy atom. The molecule has 2 aromatic rings. The lowest BCUT2D eigenvalue weighted by Gasteiger charge is -2.19. The molecule has 0 aliphatic carbocycles. The number of hydrogen-bond donors (Lipinski definition) is 0. The molecular weight excluding hydrogens is 232 g/mol. The van der Waals surface area contributed by atoms with Crippen molar-refractivity contribution >= 4 is 17.3 Å². The van der Waals surface area contributed by atoms with Crippen molar-refractivity contribution in [1.82, 2.24) is 4.57 Å². The SMILES string of the molecule is Clc1cc(-n2cccc2)ccc1N1CCCC1. The topological polar surface area (TPSA) is 8.17 Å². The Kier molecular flexibility index (Phi) is 2.81. The van der Waals surface area contributed by atoms with E-state index in [0.29, 0.717) is 0 Å². The molecule has 0 unspecified atom stereocenters. The third kappa shape index (κ3) is 2.05. The lowest BCUT2D eigenvalue weighted by molar-refractivity contribution is 0.949. The summed E-state index contributed by atoms with van der Waals surface area (Å²) < 4.78 is 2.07. The summed E-state index contributed by atoms with van der Waals surface area (Å²) in [7, 11) is 0. The number of rotatable bonds is 2. The summed E-state index contributed by atoms with van der Waals surface area (Å²) in [5.74, 6) is 0. The Labute approximate surface area is 106 Å². The first-order valence-corrected chi connectivity index (χ1v) is 6.40. The number of aromatic nitrogens is 1. The van der Waals surface area contributed by atoms with Gasteiger partial charge in [0, 0.05) is 31.2 Å². The molecule has 17 heavy (non-hydrogen) atoms. The van der Waals surface area contributed by atoms with Gasteiger partial charge in [0.1, 0.15) is 0 Å². The molecule has 1 fully saturated rings. The highest BCUT2D eigenvalue weighted by atomic mass is 35.5. The molecule has 3 rings (SSSR count). The molecule has 1 aliphatic rings. The van der Waals surface area contributed by atoms with Crippen molar-refractivity contribution in [3.05, 3.63) is 47.7 Å². The average Bonchev–Trinajstić information content (AvgIpc) is 3.02. The summed E-state index contributed by atoms with van der Waals surface area (Å²) in [4.78, 5) is 2.36. The first-order valence-electron chi connectivity index (χ1n) is 6.02. The molecule has 0 saturated carbocycles. The summed E-state index contributed by atoms with van der Waals surface area (Å²) in [5.41, 5.74) is 2.28. The van der Waals surface area contributed by atoms with E-state index >= 15 is 0 Å². The van der Waals surface area contributed by atoms with E-state index in [4.69, 9.17) is 11.6 Å². The van der Waals surface area contributed by atoms with Gasteiger partial charge in [-0.15, -0.1) is 0 Å². The summed E-state index contributed by atoms with van der Waals surface area (Å²) in [6.07, 6.45) is 6.60. The molecule has 88 valence electrons. The molecule has 0 spiro atoms. The second-order valence-electron chi connectivity index (χ2n) is 4.42. The van der Waals surface area contributed by atoms with E-state index in [2.05, 4.69) is 21.6 Å². The maximum atomic E-state index is 6.37. The van der Waals surface area contributed by atoms with Crippen LogP contribution < -0.4 is 4.90 Å². The van der Waals surface area contributed by atoms with Crippen LogP contribution in [0.5, 0.6) is 0 Å². The molecule has 0 amide bonds. The van der Waals surface area contributed by atoms with Crippen molar-refractivity contribution in [2.45, 2.75) is 12.8 Å². The molecule has 3 heteroatoms. The van der Waals surface area contributed by atoms with Gasteiger partial charge < -0.3 is 9.47 Å². The number of anilines is 1. The van der Waals surface area contributed by atoms with E-state index in [1.54, 1.807) is 0 Å². The van der Waals surface area contributed by atoms with Crippen molar-refractivity contribution in [2.24, 2.45) is 0 Å². The third-order valence-corrected chi connectivity index (χ3v) is 3.58. The molecule has 1 aliphatic heterocycles. The zero-order chi connectivity index (χ0) is 11.7. The predicted octanol–water partition coefficient (Wildman–Crippen LogP) is 3.73. The van der Waals surface area contributed by atoms with Crippen molar-refractivity contribution in [1.29, 1.82) is 0 Å². The van der Waals surface area contributed by atoms with Gasteiger partial charge >= 0.3 is 0 Å². The number of benzene rings is 1. The molecule has 2 nitrogen and oxygen atoms in total. The Balaban J connectivity index is 1.94. The zero-order valence-electron chi connectivity index (χ0n) is 9.64. The van der Waals surface area contributed by atoms with Gasteiger partial charge in [-0.25, -0.2) is 0 Å². The molecule has 0 radical (unpaired) electrons. The minimum Gasteiger partial charge on any atom is -0.370 e. The summed E-state index contributed by atoms with van der Waals surface area (Å²) in [6.45, 7) is 2.26. The smallest absolute Gasteiger partial charge is 0.0660 e. The number of nitrogens with zero attached hydrogens (tertiary/aromatic N) is 2. The van der Waals surface area contributed by atoms with E-state index < -0.39 is 0 Å². The lowest BCUT2D eigenvalue weighted by atomic mass is 10.2. The van der Waals surface area contributed by atoms with Gasteiger partial charge in [-0.3, -0.25) is 0 Å². The van der Waals surface area contributed by atoms with Crippen LogP contribution in [-0.2, 0) is 0 Å². The maximum Gasteiger partial charge on any atom is 0.0660 e. The normalized spacial score (nSPS) is 15.5. The van der Waals surface area contributed by atoms with Crippen LogP contribution in [0.4, 0.5) is 5.69 Å². The molecule has 0 atom stereocenters. The largest absolute Gasteiger partial charge is 0.370 e. The van der Waals surface area contributed by atoms with Crippen LogP contribution >= 0.6 is 11.6 Å². The van der Waals surface area contributed by atoms with Gasteiger partial charge in [0.2, 0.25) is 0 Å². The highest BCUT2D eigenvalue weighted by Gasteiger charge is 2.15. The monoisotopic (exact) mass is 246 g/mol. The van der Waals surface area contributed by atoms with Crippen LogP contribution in [0.15, 0.2) is 42.7 Å². The van der Waals surface area contributed by atoms with Gasteiger partial charge in [-0.1, -0.05) is 11.6 Å². The van der Waals surface area contributed by atoms with E-state index in [-0.39, 0.29) is 0 Å². The highest BCUT2D eigenvalue weighted by Crippen LogP contribution is 2.30. The fraction of sp³-hybridized carbons (Fsp3) is 0.286. The van der Waals surface area contributed by atoms with Crippen molar-refractivity contribution in [2.75, 3.05) is 18.0 Å². The highest BCUT2D eigenvalue weighted by molar-refractivity contribution is 6.33. The van der Waals surface area contributed by atoms with E-state index in [1.807, 2.05) is 30.6 Å². The minimum atomic E-state index is 0.845. The summed E-state index contributed by atoms with van der Waals surface area (Å²) in [5, 5.41) is 0.845. The van der Waals surface area contributed by atoms with Gasteiger partial charge in [-0.2, -0.15) is 0 Å². The molecule has 1 aromatic carbocycles. The molecule has 0 N–H and O–H groups in total. The standard InChI is InChI=1S/C14H15ClN2/c15-13-11-12(16-7-1-2-8-16)5-6-14(13)17-9-3-4-10-17/h1-2,5-8,11H,3-4,9-10H2. The Morgan fingerprint density at radius 1 is 1.00 bits per heavy atom. The fourth-order valence-corrected chi connectivity index (χ4v) is 2.67. The second-order valence-corrected chi connectivity index (χ2v) is 4.83. The van der Waals surface area contributed by atoms with E-state index in [1.165, 1.54) is 18.5 Å². The van der Waals surface area contributed by atoms with Crippen LogP contribution in [-0.4, -0.2) is 17.7 Å². The van der Waals surface area contributed by atoms with Crippen molar-refractivity contribution in [3.63, 3.8) is 0 Å². The lowest BCUT2D eigenvalue weighted by Crippen LogP contribution is -2.17. The number of hydrogen-bond acceptors (Lipinski definition) is 1. The third-order valence-electron chi connectivity index (χ3n) is 3.28. The van der Waals surface area contributed by atoms with Gasteiger partial charge in [0.25, 0.3) is 0 Å². The second kappa shape index (κ2) is 4.46. The fourth-order valence-electron chi connectivity index (χ4n) is 2.38. The molecule has 0 bridgehead atoms. The van der Waals surface area contributed by atoms with E-state index in [9.17, 15) is 0 Å². The Hall–Kier alpha value is -1.41. The van der Waals surface area contributed by atoms with E-state index in [0.717, 1.165) is 23.8 Å². The number of halogens is 1. The van der Waals surface area contributed by atoms with Crippen molar-refractivity contribution < 1.29 is 0 Å². The first-order chi connectivity index (χ1) is 8.34. The van der Waals surface area contributed by atoms with Crippen LogP contribution in [0.2, 0.25) is 5.02 Å². The van der Waals surface area contributed by atoms with Crippen LogP contribution in [0.1, 0.15) is 12.8 Å². The summed E-state index contributed by atoms with van der Waals surface area (Å²) in [6, 6.07) is 10.3. The quantitative estimate of drug-likeness (QED) is 0.784. The molecule has 1 aromatic heterocycles. The minimum absolute atomic E-state index is 0.845. The predicted molar refractivity (Wildman–Crippen MR) is 72.2 cm³/mol. The van der Waals surface area contributed by atoms with Gasteiger partial charge in [-0.05, 0) is 43.2 Å². The Morgan fingerprint density at radius 2 is 1.71 bits per heavy atom. The first kappa shape index (κ1) is 10.7. The summed E-state index contributed by atoms with van der Waals surface area (Å²) >= 11 is 6.37. The van der Waals surface area contributed by atoms with Crippen LogP contribution in [0.3, 0.4) is 0 Å². The van der Waals surface area contributed by atoms with Crippen LogP contribution in [0.25, 0.3) is 5.69 Å². The molecular formula is C14H15ClN2. The van der Waals surface area contributed by atoms with Gasteiger partial charge in [0.15, 0.2) is 0 Å². The average molecular weight is 247 g/mol. The maximum absolute atomic E-state index is 6.37. The molecule has 1 saturated heterocycles. The van der Waals surface area contributed by atoms with Crippen LogP contribution in [0, 0.1) is 0 Å². The van der Waals surface area contributed by atoms with Crippen molar-refractivity contribution in [3.8, 4) is 5.69 Å².